The zero-order chi connectivity index (χ0) is 15.7. The van der Waals surface area contributed by atoms with E-state index in [0.29, 0.717) is 25.5 Å². The van der Waals surface area contributed by atoms with Gasteiger partial charge in [-0.3, -0.25) is 4.99 Å². The Morgan fingerprint density at radius 2 is 1.95 bits per heavy atom. The van der Waals surface area contributed by atoms with Gasteiger partial charge in [0.2, 0.25) is 0 Å². The molecule has 0 aliphatic carbocycles. The molecule has 0 radical (unpaired) electrons. The molecule has 0 amide bonds. The van der Waals surface area contributed by atoms with Crippen LogP contribution in [0.2, 0.25) is 0 Å². The van der Waals surface area contributed by atoms with Crippen LogP contribution in [0.25, 0.3) is 0 Å². The molecular weight excluding hydrogens is 413 g/mol. The van der Waals surface area contributed by atoms with Crippen LogP contribution in [0.4, 0.5) is 17.6 Å². The molecule has 1 aromatic rings. The highest BCUT2D eigenvalue weighted by atomic mass is 127. The second-order valence-electron chi connectivity index (χ2n) is 4.43. The van der Waals surface area contributed by atoms with Crippen LogP contribution in [0, 0.1) is 5.82 Å². The number of hydrogen-bond acceptors (Lipinski definition) is 1. The first-order chi connectivity index (χ1) is 9.90. The summed E-state index contributed by atoms with van der Waals surface area (Å²) in [6, 6.07) is 6.20. The van der Waals surface area contributed by atoms with Crippen LogP contribution >= 0.6 is 24.0 Å². The highest BCUT2D eigenvalue weighted by Gasteiger charge is 2.26. The number of hydrogen-bond donors (Lipinski definition) is 2. The predicted octanol–water partition coefficient (Wildman–Crippen LogP) is 3.49. The highest BCUT2D eigenvalue weighted by Crippen LogP contribution is 2.18. The van der Waals surface area contributed by atoms with Crippen molar-refractivity contribution in [3.05, 3.63) is 35.6 Å². The number of halogens is 5. The third-order valence-corrected chi connectivity index (χ3v) is 2.60. The van der Waals surface area contributed by atoms with E-state index in [1.54, 1.807) is 12.1 Å². The van der Waals surface area contributed by atoms with Gasteiger partial charge in [-0.1, -0.05) is 12.1 Å². The fourth-order valence-electron chi connectivity index (χ4n) is 1.65. The number of rotatable bonds is 6. The molecule has 1 rings (SSSR count). The molecule has 0 aromatic heterocycles. The van der Waals surface area contributed by atoms with Gasteiger partial charge in [-0.2, -0.15) is 13.2 Å². The van der Waals surface area contributed by atoms with Crippen LogP contribution < -0.4 is 10.6 Å². The Morgan fingerprint density at radius 1 is 1.23 bits per heavy atom. The number of alkyl halides is 3. The van der Waals surface area contributed by atoms with Crippen LogP contribution in [0.5, 0.6) is 0 Å². The third kappa shape index (κ3) is 9.80. The maximum absolute atomic E-state index is 13.0. The molecule has 1 aromatic carbocycles. The van der Waals surface area contributed by atoms with Crippen LogP contribution in [-0.2, 0) is 6.42 Å². The topological polar surface area (TPSA) is 36.4 Å². The zero-order valence-corrected chi connectivity index (χ0v) is 14.5. The number of guanidine groups is 1. The molecule has 2 N–H and O–H groups in total. The minimum Gasteiger partial charge on any atom is -0.357 e. The summed E-state index contributed by atoms with van der Waals surface area (Å²) in [4.78, 5) is 3.85. The van der Waals surface area contributed by atoms with Crippen LogP contribution in [0.15, 0.2) is 29.3 Å². The molecule has 0 spiro atoms. The van der Waals surface area contributed by atoms with Crippen molar-refractivity contribution in [3.63, 3.8) is 0 Å². The predicted molar refractivity (Wildman–Crippen MR) is 90.2 cm³/mol. The summed E-state index contributed by atoms with van der Waals surface area (Å²) in [5.41, 5.74) is 0.814. The number of benzene rings is 1. The van der Waals surface area contributed by atoms with Gasteiger partial charge in [-0.25, -0.2) is 4.39 Å². The second-order valence-corrected chi connectivity index (χ2v) is 4.43. The van der Waals surface area contributed by atoms with Crippen molar-refractivity contribution >= 4 is 29.9 Å². The summed E-state index contributed by atoms with van der Waals surface area (Å²) in [6.07, 6.45) is -4.60. The average Bonchev–Trinajstić information content (AvgIpc) is 2.37. The highest BCUT2D eigenvalue weighted by molar-refractivity contribution is 14.0. The Morgan fingerprint density at radius 3 is 2.55 bits per heavy atom. The lowest BCUT2D eigenvalue weighted by Crippen LogP contribution is -2.38. The van der Waals surface area contributed by atoms with Crippen molar-refractivity contribution in [2.75, 3.05) is 19.6 Å². The average molecular weight is 433 g/mol. The molecule has 0 atom stereocenters. The Kier molecular flexibility index (Phi) is 10.1. The van der Waals surface area contributed by atoms with Gasteiger partial charge in [0.05, 0.1) is 13.0 Å². The monoisotopic (exact) mass is 433 g/mol. The Bertz CT molecular complexity index is 464. The van der Waals surface area contributed by atoms with Gasteiger partial charge in [0.15, 0.2) is 5.96 Å². The van der Waals surface area contributed by atoms with E-state index in [-0.39, 0.29) is 36.3 Å². The first-order valence-corrected chi connectivity index (χ1v) is 6.74. The largest absolute Gasteiger partial charge is 0.390 e. The Balaban J connectivity index is 0.00000441. The lowest BCUT2D eigenvalue weighted by molar-refractivity contribution is -0.132. The summed E-state index contributed by atoms with van der Waals surface area (Å²) in [5.74, 6) is 0.0244. The van der Waals surface area contributed by atoms with Crippen LogP contribution in [-0.4, -0.2) is 31.8 Å². The van der Waals surface area contributed by atoms with Gasteiger partial charge in [0.25, 0.3) is 0 Å². The summed E-state index contributed by atoms with van der Waals surface area (Å²) in [6.45, 7) is 2.52. The number of nitrogens with zero attached hydrogens (tertiary/aromatic N) is 1. The van der Waals surface area contributed by atoms with E-state index in [1.165, 1.54) is 12.1 Å². The first-order valence-electron chi connectivity index (χ1n) is 6.74. The maximum atomic E-state index is 13.0. The summed E-state index contributed by atoms with van der Waals surface area (Å²) >= 11 is 0. The molecule has 0 saturated heterocycles. The van der Waals surface area contributed by atoms with E-state index in [1.807, 2.05) is 6.92 Å². The van der Waals surface area contributed by atoms with Gasteiger partial charge in [-0.15, -0.1) is 24.0 Å². The molecule has 0 saturated carbocycles. The summed E-state index contributed by atoms with van der Waals surface area (Å²) in [5, 5.41) is 5.79. The van der Waals surface area contributed by atoms with E-state index in [2.05, 4.69) is 15.6 Å². The molecule has 0 heterocycles. The van der Waals surface area contributed by atoms with Crippen LogP contribution in [0.3, 0.4) is 0 Å². The smallest absolute Gasteiger partial charge is 0.357 e. The molecule has 0 aliphatic heterocycles. The van der Waals surface area contributed by atoms with E-state index in [4.69, 9.17) is 0 Å². The number of nitrogens with one attached hydrogen (secondary N) is 2. The third-order valence-electron chi connectivity index (χ3n) is 2.60. The van der Waals surface area contributed by atoms with Gasteiger partial charge in [0, 0.05) is 13.1 Å². The zero-order valence-electron chi connectivity index (χ0n) is 12.2. The maximum Gasteiger partial charge on any atom is 0.390 e. The van der Waals surface area contributed by atoms with E-state index < -0.39 is 12.6 Å². The lowest BCUT2D eigenvalue weighted by atomic mass is 10.1. The lowest BCUT2D eigenvalue weighted by Gasteiger charge is -2.11. The first kappa shape index (κ1) is 20.9. The molecule has 126 valence electrons. The Labute approximate surface area is 144 Å². The minimum absolute atomic E-state index is 0. The SMILES string of the molecule is CCNC(=NCCC(F)(F)F)NCCc1cccc(F)c1.I. The summed E-state index contributed by atoms with van der Waals surface area (Å²) < 4.78 is 49.2. The van der Waals surface area contributed by atoms with Crippen molar-refractivity contribution in [1.82, 2.24) is 10.6 Å². The molecule has 0 bridgehead atoms. The number of aliphatic imine (C=N–C) groups is 1. The van der Waals surface area contributed by atoms with E-state index in [0.717, 1.165) is 5.56 Å². The van der Waals surface area contributed by atoms with Crippen molar-refractivity contribution in [2.24, 2.45) is 4.99 Å². The Hall–Kier alpha value is -1.06. The van der Waals surface area contributed by atoms with Crippen molar-refractivity contribution in [2.45, 2.75) is 25.9 Å². The molecule has 3 nitrogen and oxygen atoms in total. The second kappa shape index (κ2) is 10.6. The molecular formula is C14H20F4IN3. The van der Waals surface area contributed by atoms with Gasteiger partial charge in [0.1, 0.15) is 5.82 Å². The van der Waals surface area contributed by atoms with Crippen molar-refractivity contribution < 1.29 is 17.6 Å². The molecule has 0 unspecified atom stereocenters. The van der Waals surface area contributed by atoms with E-state index >= 15 is 0 Å². The quantitative estimate of drug-likeness (QED) is 0.312. The molecule has 22 heavy (non-hydrogen) atoms. The fourth-order valence-corrected chi connectivity index (χ4v) is 1.65. The van der Waals surface area contributed by atoms with Gasteiger partial charge in [-0.05, 0) is 31.0 Å². The van der Waals surface area contributed by atoms with Gasteiger partial charge >= 0.3 is 6.18 Å². The van der Waals surface area contributed by atoms with Crippen molar-refractivity contribution in [1.29, 1.82) is 0 Å². The van der Waals surface area contributed by atoms with Gasteiger partial charge < -0.3 is 10.6 Å². The normalized spacial score (nSPS) is 11.8. The van der Waals surface area contributed by atoms with Crippen molar-refractivity contribution in [3.8, 4) is 0 Å². The molecule has 8 heteroatoms. The van der Waals surface area contributed by atoms with E-state index in [9.17, 15) is 17.6 Å². The molecule has 0 aliphatic rings. The standard InChI is InChI=1S/C14H19F4N3.HI/c1-2-19-13(21-9-7-14(16,17)18)20-8-6-11-4-3-5-12(15)10-11;/h3-5,10H,2,6-9H2,1H3,(H2,19,20,21);1H. The summed E-state index contributed by atoms with van der Waals surface area (Å²) in [7, 11) is 0. The fraction of sp³-hybridized carbons (Fsp3) is 0.500. The molecule has 0 fully saturated rings. The van der Waals surface area contributed by atoms with Crippen LogP contribution in [0.1, 0.15) is 18.9 Å². The minimum atomic E-state index is -4.21.